The molecule has 4 heterocycles. The Kier molecular flexibility index (Phi) is 6.08. The Morgan fingerprint density at radius 3 is 2.53 bits per heavy atom. The molecule has 5 rings (SSSR count). The molecule has 1 atom stereocenters. The summed E-state index contributed by atoms with van der Waals surface area (Å²) in [5.41, 5.74) is 1.49. The van der Waals surface area contributed by atoms with Gasteiger partial charge in [0, 0.05) is 45.8 Å². The van der Waals surface area contributed by atoms with Gasteiger partial charge in [0.15, 0.2) is 11.6 Å². The SMILES string of the molecule is CCn1c(=O)c(N2CCC[C@@H](C(=O)N3CCN(C(=O)c4ccco4)CC3)C2)nc2ccccc21. The van der Waals surface area contributed by atoms with Crippen molar-refractivity contribution in [2.24, 2.45) is 5.92 Å². The maximum atomic E-state index is 13.3. The highest BCUT2D eigenvalue weighted by atomic mass is 16.3. The van der Waals surface area contributed by atoms with E-state index in [-0.39, 0.29) is 23.3 Å². The highest BCUT2D eigenvalue weighted by Gasteiger charge is 2.33. The summed E-state index contributed by atoms with van der Waals surface area (Å²) in [5, 5.41) is 0. The summed E-state index contributed by atoms with van der Waals surface area (Å²) < 4.78 is 6.96. The van der Waals surface area contributed by atoms with Crippen molar-refractivity contribution in [1.29, 1.82) is 0 Å². The Hall–Kier alpha value is -3.62. The zero-order chi connectivity index (χ0) is 23.7. The van der Waals surface area contributed by atoms with Gasteiger partial charge in [-0.2, -0.15) is 0 Å². The number of carbonyl (C=O) groups excluding carboxylic acids is 2. The van der Waals surface area contributed by atoms with E-state index >= 15 is 0 Å². The summed E-state index contributed by atoms with van der Waals surface area (Å²) in [7, 11) is 0. The average Bonchev–Trinajstić information content (AvgIpc) is 3.43. The number of para-hydroxylation sites is 2. The van der Waals surface area contributed by atoms with Crippen molar-refractivity contribution in [3.8, 4) is 0 Å². The molecule has 2 amide bonds. The molecule has 3 aromatic rings. The van der Waals surface area contributed by atoms with E-state index in [1.54, 1.807) is 21.6 Å². The number of benzene rings is 1. The van der Waals surface area contributed by atoms with Crippen molar-refractivity contribution in [2.45, 2.75) is 26.3 Å². The van der Waals surface area contributed by atoms with E-state index in [9.17, 15) is 14.4 Å². The maximum absolute atomic E-state index is 13.3. The summed E-state index contributed by atoms with van der Waals surface area (Å²) in [4.78, 5) is 49.3. The van der Waals surface area contributed by atoms with Crippen LogP contribution < -0.4 is 10.5 Å². The Labute approximate surface area is 197 Å². The van der Waals surface area contributed by atoms with Crippen molar-refractivity contribution in [1.82, 2.24) is 19.4 Å². The molecule has 2 aliphatic heterocycles. The van der Waals surface area contributed by atoms with Crippen LogP contribution in [0.2, 0.25) is 0 Å². The first-order chi connectivity index (χ1) is 16.6. The molecule has 0 aliphatic carbocycles. The third-order valence-electron chi connectivity index (χ3n) is 6.83. The molecular weight excluding hydrogens is 434 g/mol. The van der Waals surface area contributed by atoms with Gasteiger partial charge in [0.05, 0.1) is 23.2 Å². The molecule has 2 aliphatic rings. The van der Waals surface area contributed by atoms with Crippen molar-refractivity contribution < 1.29 is 14.0 Å². The summed E-state index contributed by atoms with van der Waals surface area (Å²) in [6, 6.07) is 11.0. The smallest absolute Gasteiger partial charge is 0.293 e. The Morgan fingerprint density at radius 2 is 1.79 bits per heavy atom. The van der Waals surface area contributed by atoms with Crippen LogP contribution in [-0.4, -0.2) is 70.4 Å². The number of hydrogen-bond acceptors (Lipinski definition) is 6. The lowest BCUT2D eigenvalue weighted by molar-refractivity contribution is -0.137. The fraction of sp³-hybridized carbons (Fsp3) is 0.440. The Balaban J connectivity index is 1.28. The third kappa shape index (κ3) is 4.06. The third-order valence-corrected chi connectivity index (χ3v) is 6.83. The zero-order valence-corrected chi connectivity index (χ0v) is 19.4. The molecule has 0 radical (unpaired) electrons. The molecule has 0 N–H and O–H groups in total. The number of aryl methyl sites for hydroxylation is 1. The number of fused-ring (bicyclic) bond motifs is 1. The van der Waals surface area contributed by atoms with Gasteiger partial charge in [-0.3, -0.25) is 14.4 Å². The molecule has 9 nitrogen and oxygen atoms in total. The van der Waals surface area contributed by atoms with Gasteiger partial charge in [-0.25, -0.2) is 4.98 Å². The van der Waals surface area contributed by atoms with Gasteiger partial charge in [0.1, 0.15) is 0 Å². The second kappa shape index (κ2) is 9.32. The second-order valence-electron chi connectivity index (χ2n) is 8.85. The minimum atomic E-state index is -0.191. The van der Waals surface area contributed by atoms with E-state index in [0.29, 0.717) is 57.4 Å². The molecule has 0 spiro atoms. The maximum Gasteiger partial charge on any atom is 0.293 e. The normalized spacial score (nSPS) is 19.0. The van der Waals surface area contributed by atoms with E-state index in [1.807, 2.05) is 41.0 Å². The topological polar surface area (TPSA) is 91.9 Å². The standard InChI is InChI=1S/C25H29N5O4/c1-2-30-20-9-4-3-8-19(20)26-22(25(30)33)29-11-5-7-18(17-29)23(31)27-12-14-28(15-13-27)24(32)21-10-6-16-34-21/h3-4,6,8-10,16,18H,2,5,7,11-15,17H2,1H3/t18-/m1/s1. The van der Waals surface area contributed by atoms with Gasteiger partial charge in [0.2, 0.25) is 5.91 Å². The van der Waals surface area contributed by atoms with Crippen molar-refractivity contribution in [3.63, 3.8) is 0 Å². The van der Waals surface area contributed by atoms with Gasteiger partial charge in [-0.05, 0) is 44.0 Å². The van der Waals surface area contributed by atoms with Crippen LogP contribution in [0.5, 0.6) is 0 Å². The molecule has 178 valence electrons. The van der Waals surface area contributed by atoms with Crippen LogP contribution in [0.15, 0.2) is 51.9 Å². The predicted octanol–water partition coefficient (Wildman–Crippen LogP) is 2.21. The molecule has 2 fully saturated rings. The lowest BCUT2D eigenvalue weighted by Gasteiger charge is -2.39. The molecule has 0 unspecified atom stereocenters. The number of amides is 2. The van der Waals surface area contributed by atoms with Gasteiger partial charge in [0.25, 0.3) is 11.5 Å². The molecule has 34 heavy (non-hydrogen) atoms. The fourth-order valence-corrected chi connectivity index (χ4v) is 5.01. The van der Waals surface area contributed by atoms with Crippen molar-refractivity contribution in [3.05, 3.63) is 58.8 Å². The van der Waals surface area contributed by atoms with Gasteiger partial charge in [-0.15, -0.1) is 0 Å². The first-order valence-electron chi connectivity index (χ1n) is 11.9. The first-order valence-corrected chi connectivity index (χ1v) is 11.9. The minimum absolute atomic E-state index is 0.0893. The second-order valence-corrected chi connectivity index (χ2v) is 8.85. The number of anilines is 1. The number of rotatable bonds is 4. The van der Waals surface area contributed by atoms with E-state index in [1.165, 1.54) is 6.26 Å². The van der Waals surface area contributed by atoms with E-state index in [2.05, 4.69) is 4.98 Å². The monoisotopic (exact) mass is 463 g/mol. The van der Waals surface area contributed by atoms with Crippen molar-refractivity contribution in [2.75, 3.05) is 44.2 Å². The van der Waals surface area contributed by atoms with Crippen molar-refractivity contribution >= 4 is 28.7 Å². The Bertz CT molecular complexity index is 1240. The molecule has 0 saturated carbocycles. The molecular formula is C25H29N5O4. The van der Waals surface area contributed by atoms with E-state index in [4.69, 9.17) is 4.42 Å². The average molecular weight is 464 g/mol. The lowest BCUT2D eigenvalue weighted by atomic mass is 9.96. The summed E-state index contributed by atoms with van der Waals surface area (Å²) in [6.45, 7) is 5.66. The van der Waals surface area contributed by atoms with Crippen LogP contribution in [0.4, 0.5) is 5.82 Å². The van der Waals surface area contributed by atoms with E-state index < -0.39 is 0 Å². The summed E-state index contributed by atoms with van der Waals surface area (Å²) >= 11 is 0. The van der Waals surface area contributed by atoms with Crippen LogP contribution in [0.25, 0.3) is 11.0 Å². The molecule has 0 bridgehead atoms. The van der Waals surface area contributed by atoms with Crippen LogP contribution in [-0.2, 0) is 11.3 Å². The number of piperazine rings is 1. The molecule has 2 saturated heterocycles. The van der Waals surface area contributed by atoms with Crippen LogP contribution in [0, 0.1) is 5.92 Å². The highest BCUT2D eigenvalue weighted by Crippen LogP contribution is 2.24. The van der Waals surface area contributed by atoms with Gasteiger partial charge < -0.3 is 23.7 Å². The Morgan fingerprint density at radius 1 is 1.03 bits per heavy atom. The van der Waals surface area contributed by atoms with Crippen LogP contribution >= 0.6 is 0 Å². The summed E-state index contributed by atoms with van der Waals surface area (Å²) in [6.07, 6.45) is 3.10. The number of hydrogen-bond donors (Lipinski definition) is 0. The highest BCUT2D eigenvalue weighted by molar-refractivity contribution is 5.91. The first kappa shape index (κ1) is 22.2. The number of nitrogens with zero attached hydrogens (tertiary/aromatic N) is 5. The number of piperidine rings is 1. The van der Waals surface area contributed by atoms with Crippen LogP contribution in [0.3, 0.4) is 0 Å². The van der Waals surface area contributed by atoms with Crippen LogP contribution in [0.1, 0.15) is 30.3 Å². The molecule has 9 heteroatoms. The lowest BCUT2D eigenvalue weighted by Crippen LogP contribution is -2.54. The number of aromatic nitrogens is 2. The van der Waals surface area contributed by atoms with Gasteiger partial charge >= 0.3 is 0 Å². The van der Waals surface area contributed by atoms with E-state index in [0.717, 1.165) is 23.9 Å². The molecule has 2 aromatic heterocycles. The molecule has 1 aromatic carbocycles. The number of carbonyl (C=O) groups is 2. The zero-order valence-electron chi connectivity index (χ0n) is 19.4. The van der Waals surface area contributed by atoms with Gasteiger partial charge in [-0.1, -0.05) is 12.1 Å². The predicted molar refractivity (Wildman–Crippen MR) is 128 cm³/mol. The quantitative estimate of drug-likeness (QED) is 0.589. The fourth-order valence-electron chi connectivity index (χ4n) is 5.01. The summed E-state index contributed by atoms with van der Waals surface area (Å²) in [5.74, 6) is 0.501. The largest absolute Gasteiger partial charge is 0.459 e. The number of furan rings is 1. The minimum Gasteiger partial charge on any atom is -0.459 e.